The lowest BCUT2D eigenvalue weighted by Gasteiger charge is -2.22. The van der Waals surface area contributed by atoms with E-state index in [-0.39, 0.29) is 12.0 Å². The minimum Gasteiger partial charge on any atom is -0.484 e. The molecule has 44 heavy (non-hydrogen) atoms. The fourth-order valence-corrected chi connectivity index (χ4v) is 6.45. The van der Waals surface area contributed by atoms with Crippen molar-refractivity contribution in [3.8, 4) is 39.7 Å². The number of allylic oxidation sites excluding steroid dienone is 2. The summed E-state index contributed by atoms with van der Waals surface area (Å²) in [5.41, 5.74) is 7.88. The van der Waals surface area contributed by atoms with E-state index in [1.807, 2.05) is 78.9 Å². The van der Waals surface area contributed by atoms with Crippen molar-refractivity contribution in [2.24, 2.45) is 0 Å². The van der Waals surface area contributed by atoms with Gasteiger partial charge < -0.3 is 9.15 Å². The van der Waals surface area contributed by atoms with Gasteiger partial charge in [-0.15, -0.1) is 0 Å². The van der Waals surface area contributed by atoms with Crippen LogP contribution in [-0.2, 0) is 0 Å². The van der Waals surface area contributed by atoms with Gasteiger partial charge in [0.2, 0.25) is 0 Å². The van der Waals surface area contributed by atoms with Crippen LogP contribution in [0.1, 0.15) is 17.3 Å². The summed E-state index contributed by atoms with van der Waals surface area (Å²) in [6.07, 6.45) is 6.12. The van der Waals surface area contributed by atoms with Crippen molar-refractivity contribution in [1.29, 1.82) is 0 Å². The highest BCUT2D eigenvalue weighted by Gasteiger charge is 2.40. The number of furan rings is 1. The van der Waals surface area contributed by atoms with Gasteiger partial charge in [-0.3, -0.25) is 0 Å². The summed E-state index contributed by atoms with van der Waals surface area (Å²) in [4.78, 5) is 14.9. The molecule has 5 aromatic carbocycles. The molecule has 2 unspecified atom stereocenters. The fraction of sp³-hybridized carbons (Fsp3) is 0.0513. The summed E-state index contributed by atoms with van der Waals surface area (Å²) < 4.78 is 12.9. The first-order valence-electron chi connectivity index (χ1n) is 14.8. The molecule has 7 aromatic rings. The Hall–Kier alpha value is -5.81. The number of ether oxygens (including phenoxy) is 1. The molecule has 0 N–H and O–H groups in total. The van der Waals surface area contributed by atoms with Gasteiger partial charge in [-0.05, 0) is 29.8 Å². The molecule has 0 fully saturated rings. The van der Waals surface area contributed by atoms with E-state index in [0.717, 1.165) is 61.1 Å². The van der Waals surface area contributed by atoms with Crippen LogP contribution in [0.25, 0.3) is 61.4 Å². The number of hydrogen-bond acceptors (Lipinski definition) is 5. The molecule has 9 rings (SSSR count). The van der Waals surface area contributed by atoms with Gasteiger partial charge in [-0.1, -0.05) is 115 Å². The molecule has 0 amide bonds. The minimum atomic E-state index is -0.168. The minimum absolute atomic E-state index is 0.0560. The van der Waals surface area contributed by atoms with Crippen LogP contribution >= 0.6 is 0 Å². The summed E-state index contributed by atoms with van der Waals surface area (Å²) in [5.74, 6) is 2.78. The Bertz CT molecular complexity index is 2210. The lowest BCUT2D eigenvalue weighted by Crippen LogP contribution is -2.20. The van der Waals surface area contributed by atoms with Gasteiger partial charge in [0.25, 0.3) is 0 Å². The third-order valence-electron chi connectivity index (χ3n) is 8.52. The standard InChI is InChI=1S/C39H25N3O2/c1-3-11-24(12-4-1)37-40-38(25-13-5-2-6-14-25)42-39(41-37)31-18-10-20-33-35(31)30-17-9-16-27(36(30)44-33)26-21-22-29-28-15-7-8-19-32(28)43-34(29)23-26/h1-23,33,35H. The van der Waals surface area contributed by atoms with Gasteiger partial charge in [-0.2, -0.15) is 0 Å². The molecule has 1 aliphatic heterocycles. The Morgan fingerprint density at radius 3 is 2.00 bits per heavy atom. The predicted octanol–water partition coefficient (Wildman–Crippen LogP) is 9.27. The Kier molecular flexibility index (Phi) is 5.56. The quantitative estimate of drug-likeness (QED) is 0.212. The second kappa shape index (κ2) is 9.89. The van der Waals surface area contributed by atoms with Gasteiger partial charge in [0.05, 0.1) is 5.92 Å². The van der Waals surface area contributed by atoms with Crippen LogP contribution in [0.5, 0.6) is 5.75 Å². The number of hydrogen-bond donors (Lipinski definition) is 0. The molecular formula is C39H25N3O2. The highest BCUT2D eigenvalue weighted by Crippen LogP contribution is 2.51. The second-order valence-corrected chi connectivity index (χ2v) is 11.1. The van der Waals surface area contributed by atoms with E-state index >= 15 is 0 Å². The van der Waals surface area contributed by atoms with Crippen LogP contribution in [0, 0.1) is 0 Å². The maximum Gasteiger partial charge on any atom is 0.164 e. The van der Waals surface area contributed by atoms with E-state index < -0.39 is 0 Å². The van der Waals surface area contributed by atoms with Crippen LogP contribution in [0.4, 0.5) is 0 Å². The average molecular weight is 568 g/mol. The van der Waals surface area contributed by atoms with Crippen LogP contribution in [0.2, 0.25) is 0 Å². The normalized spacial score (nSPS) is 16.9. The highest BCUT2D eigenvalue weighted by atomic mass is 16.5. The number of para-hydroxylation sites is 2. The number of fused-ring (bicyclic) bond motifs is 6. The van der Waals surface area contributed by atoms with Gasteiger partial charge in [0, 0.05) is 38.6 Å². The summed E-state index contributed by atoms with van der Waals surface area (Å²) >= 11 is 0. The Balaban J connectivity index is 1.17. The zero-order valence-electron chi connectivity index (χ0n) is 23.6. The van der Waals surface area contributed by atoms with Crippen molar-refractivity contribution < 1.29 is 9.15 Å². The maximum absolute atomic E-state index is 6.72. The van der Waals surface area contributed by atoms with Gasteiger partial charge in [-0.25, -0.2) is 15.0 Å². The van der Waals surface area contributed by atoms with Crippen LogP contribution in [0.15, 0.2) is 144 Å². The molecule has 5 nitrogen and oxygen atoms in total. The fourth-order valence-electron chi connectivity index (χ4n) is 6.45. The van der Waals surface area contributed by atoms with E-state index in [4.69, 9.17) is 24.1 Å². The van der Waals surface area contributed by atoms with Crippen molar-refractivity contribution in [2.75, 3.05) is 0 Å². The van der Waals surface area contributed by atoms with Crippen LogP contribution < -0.4 is 4.74 Å². The third kappa shape index (κ3) is 3.97. The van der Waals surface area contributed by atoms with Gasteiger partial charge >= 0.3 is 0 Å². The summed E-state index contributed by atoms with van der Waals surface area (Å²) in [6, 6.07) is 41.1. The highest BCUT2D eigenvalue weighted by molar-refractivity contribution is 6.06. The van der Waals surface area contributed by atoms with Gasteiger partial charge in [0.1, 0.15) is 23.0 Å². The Morgan fingerprint density at radius 1 is 0.545 bits per heavy atom. The topological polar surface area (TPSA) is 61.0 Å². The third-order valence-corrected chi connectivity index (χ3v) is 8.52. The number of aromatic nitrogens is 3. The van der Waals surface area contributed by atoms with E-state index in [9.17, 15) is 0 Å². The first kappa shape index (κ1) is 24.8. The first-order valence-corrected chi connectivity index (χ1v) is 14.8. The number of rotatable bonds is 4. The Morgan fingerprint density at radius 2 is 1.23 bits per heavy atom. The molecule has 3 heterocycles. The number of benzene rings is 5. The molecule has 1 aliphatic carbocycles. The monoisotopic (exact) mass is 567 g/mol. The van der Waals surface area contributed by atoms with Crippen molar-refractivity contribution in [1.82, 2.24) is 15.0 Å². The lowest BCUT2D eigenvalue weighted by atomic mass is 9.83. The van der Waals surface area contributed by atoms with Crippen molar-refractivity contribution in [3.05, 3.63) is 151 Å². The van der Waals surface area contributed by atoms with Crippen molar-refractivity contribution in [2.45, 2.75) is 12.0 Å². The molecule has 0 saturated carbocycles. The maximum atomic E-state index is 6.72. The molecule has 2 atom stereocenters. The van der Waals surface area contributed by atoms with E-state index in [0.29, 0.717) is 17.5 Å². The molecule has 2 aliphatic rings. The molecule has 0 radical (unpaired) electrons. The summed E-state index contributed by atoms with van der Waals surface area (Å²) in [7, 11) is 0. The predicted molar refractivity (Wildman–Crippen MR) is 174 cm³/mol. The van der Waals surface area contributed by atoms with E-state index in [1.165, 1.54) is 0 Å². The first-order chi connectivity index (χ1) is 21.8. The molecule has 208 valence electrons. The molecule has 0 saturated heterocycles. The smallest absolute Gasteiger partial charge is 0.164 e. The molecule has 0 bridgehead atoms. The zero-order valence-corrected chi connectivity index (χ0v) is 23.6. The Labute approximate surface area is 253 Å². The molecule has 2 aromatic heterocycles. The van der Waals surface area contributed by atoms with Gasteiger partial charge in [0.15, 0.2) is 17.5 Å². The average Bonchev–Trinajstić information content (AvgIpc) is 3.67. The number of nitrogens with zero attached hydrogens (tertiary/aromatic N) is 3. The van der Waals surface area contributed by atoms with Crippen LogP contribution in [-0.4, -0.2) is 21.1 Å². The van der Waals surface area contributed by atoms with E-state index in [1.54, 1.807) is 0 Å². The summed E-state index contributed by atoms with van der Waals surface area (Å²) in [6.45, 7) is 0. The van der Waals surface area contributed by atoms with E-state index in [2.05, 4.69) is 60.7 Å². The zero-order chi connectivity index (χ0) is 29.0. The molecule has 0 spiro atoms. The second-order valence-electron chi connectivity index (χ2n) is 11.1. The summed E-state index contributed by atoms with van der Waals surface area (Å²) in [5, 5.41) is 2.23. The van der Waals surface area contributed by atoms with Crippen LogP contribution in [0.3, 0.4) is 0 Å². The largest absolute Gasteiger partial charge is 0.484 e. The lowest BCUT2D eigenvalue weighted by molar-refractivity contribution is 0.272. The molecular weight excluding hydrogens is 542 g/mol. The van der Waals surface area contributed by atoms with Crippen molar-refractivity contribution >= 4 is 27.5 Å². The van der Waals surface area contributed by atoms with Crippen molar-refractivity contribution in [3.63, 3.8) is 0 Å². The molecule has 5 heteroatoms. The SMILES string of the molecule is C1=CC2Oc3c(-c4ccc5c(c4)oc4ccccc45)cccc3C2C(c2nc(-c3ccccc3)nc(-c3ccccc3)n2)=C1.